The molecule has 0 spiro atoms. The van der Waals surface area contributed by atoms with E-state index in [9.17, 15) is 0 Å². The molecule has 7 aromatic rings. The van der Waals surface area contributed by atoms with Gasteiger partial charge in [0.05, 0.1) is 22.4 Å². The lowest BCUT2D eigenvalue weighted by Gasteiger charge is -2.17. The maximum Gasteiger partial charge on any atom is 0.137 e. The SMILES string of the molecule is CCCC(C)CC(C)c1ccc2c(c1)c1ccc(Oc3cccc(-n4nc(C)c(-c5ccccc5)c4C)c3)cc1n2-c1cc(CCC(C)C)ccn1. The Hall–Kier alpha value is -5.16. The Kier molecular flexibility index (Phi) is 10.3. The molecule has 4 aromatic carbocycles. The van der Waals surface area contributed by atoms with E-state index < -0.39 is 0 Å². The maximum atomic E-state index is 6.64. The Bertz CT molecular complexity index is 2310. The number of aromatic nitrogens is 4. The van der Waals surface area contributed by atoms with E-state index in [0.717, 1.165) is 52.8 Å². The third-order valence-electron chi connectivity index (χ3n) is 10.6. The molecule has 0 radical (unpaired) electrons. The Balaban J connectivity index is 1.28. The Morgan fingerprint density at radius 1 is 0.731 bits per heavy atom. The molecule has 0 saturated heterocycles. The number of ether oxygens (including phenoxy) is 1. The number of nitrogens with zero attached hydrogens (tertiary/aromatic N) is 4. The number of hydrogen-bond acceptors (Lipinski definition) is 3. The lowest BCUT2D eigenvalue weighted by atomic mass is 9.88. The van der Waals surface area contributed by atoms with Crippen LogP contribution in [0.25, 0.3) is 44.4 Å². The largest absolute Gasteiger partial charge is 0.457 e. The predicted octanol–water partition coefficient (Wildman–Crippen LogP) is 13.0. The van der Waals surface area contributed by atoms with Gasteiger partial charge in [0.2, 0.25) is 0 Å². The summed E-state index contributed by atoms with van der Waals surface area (Å²) in [5.74, 6) is 4.33. The fraction of sp³-hybridized carbons (Fsp3) is 0.319. The molecule has 0 N–H and O–H groups in total. The van der Waals surface area contributed by atoms with Crippen LogP contribution in [-0.4, -0.2) is 19.3 Å². The lowest BCUT2D eigenvalue weighted by molar-refractivity contribution is 0.449. The Morgan fingerprint density at radius 3 is 2.33 bits per heavy atom. The summed E-state index contributed by atoms with van der Waals surface area (Å²) < 4.78 is 11.0. The van der Waals surface area contributed by atoms with Gasteiger partial charge in [-0.3, -0.25) is 4.57 Å². The van der Waals surface area contributed by atoms with Gasteiger partial charge in [-0.25, -0.2) is 9.67 Å². The van der Waals surface area contributed by atoms with E-state index in [1.807, 2.05) is 29.1 Å². The summed E-state index contributed by atoms with van der Waals surface area (Å²) >= 11 is 0. The smallest absolute Gasteiger partial charge is 0.137 e. The molecule has 2 unspecified atom stereocenters. The van der Waals surface area contributed by atoms with Crippen LogP contribution in [0.4, 0.5) is 0 Å². The maximum absolute atomic E-state index is 6.64. The molecule has 0 aliphatic carbocycles. The van der Waals surface area contributed by atoms with E-state index in [4.69, 9.17) is 14.8 Å². The minimum Gasteiger partial charge on any atom is -0.457 e. The van der Waals surface area contributed by atoms with Gasteiger partial charge in [0.25, 0.3) is 0 Å². The van der Waals surface area contributed by atoms with Crippen molar-refractivity contribution in [2.75, 3.05) is 0 Å². The highest BCUT2D eigenvalue weighted by Gasteiger charge is 2.19. The summed E-state index contributed by atoms with van der Waals surface area (Å²) in [6, 6.07) is 36.6. The van der Waals surface area contributed by atoms with Crippen molar-refractivity contribution < 1.29 is 4.74 Å². The van der Waals surface area contributed by atoms with Crippen LogP contribution in [0.2, 0.25) is 0 Å². The molecular weight excluding hydrogens is 637 g/mol. The minimum atomic E-state index is 0.489. The van der Waals surface area contributed by atoms with E-state index in [1.54, 1.807) is 0 Å². The summed E-state index contributed by atoms with van der Waals surface area (Å²) in [5.41, 5.74) is 10.4. The number of rotatable bonds is 13. The molecule has 0 aliphatic heterocycles. The van der Waals surface area contributed by atoms with Gasteiger partial charge in [-0.05, 0) is 116 Å². The standard InChI is InChI=1S/C47H52N4O/c1-8-13-32(4)26-33(5)38-20-23-44-43(28-38)42-22-21-41(30-45(42)50(44)46-27-36(24-25-48-46)19-18-31(2)3)52-40-17-12-16-39(29-40)51-35(7)47(34(6)49-51)37-14-10-9-11-15-37/h9-12,14-17,20-25,27-33H,8,13,18-19,26H2,1-7H3. The normalized spacial score (nSPS) is 12.9. The van der Waals surface area contributed by atoms with E-state index in [2.05, 4.69) is 138 Å². The van der Waals surface area contributed by atoms with Crippen molar-refractivity contribution in [2.24, 2.45) is 11.8 Å². The van der Waals surface area contributed by atoms with Crippen LogP contribution in [0.3, 0.4) is 0 Å². The van der Waals surface area contributed by atoms with Crippen molar-refractivity contribution in [3.63, 3.8) is 0 Å². The fourth-order valence-electron chi connectivity index (χ4n) is 7.91. The molecule has 7 rings (SSSR count). The summed E-state index contributed by atoms with van der Waals surface area (Å²) in [5, 5.41) is 7.40. The van der Waals surface area contributed by atoms with Crippen LogP contribution in [-0.2, 0) is 6.42 Å². The molecule has 0 amide bonds. The molecule has 5 nitrogen and oxygen atoms in total. The van der Waals surface area contributed by atoms with Crippen molar-refractivity contribution >= 4 is 21.8 Å². The van der Waals surface area contributed by atoms with Gasteiger partial charge in [0, 0.05) is 40.4 Å². The quantitative estimate of drug-likeness (QED) is 0.121. The summed E-state index contributed by atoms with van der Waals surface area (Å²) in [7, 11) is 0. The molecule has 266 valence electrons. The number of benzene rings is 4. The van der Waals surface area contributed by atoms with Gasteiger partial charge in [0.15, 0.2) is 0 Å². The molecule has 0 fully saturated rings. The number of hydrogen-bond donors (Lipinski definition) is 0. The van der Waals surface area contributed by atoms with Gasteiger partial charge < -0.3 is 4.74 Å². The zero-order valence-corrected chi connectivity index (χ0v) is 31.9. The van der Waals surface area contributed by atoms with Crippen LogP contribution in [0.15, 0.2) is 109 Å². The highest BCUT2D eigenvalue weighted by atomic mass is 16.5. The van der Waals surface area contributed by atoms with Crippen LogP contribution in [0.5, 0.6) is 11.5 Å². The highest BCUT2D eigenvalue weighted by molar-refractivity contribution is 6.09. The van der Waals surface area contributed by atoms with Crippen molar-refractivity contribution in [1.29, 1.82) is 0 Å². The van der Waals surface area contributed by atoms with Crippen molar-refractivity contribution in [3.8, 4) is 34.1 Å². The highest BCUT2D eigenvalue weighted by Crippen LogP contribution is 2.38. The van der Waals surface area contributed by atoms with Crippen LogP contribution >= 0.6 is 0 Å². The number of pyridine rings is 1. The van der Waals surface area contributed by atoms with Gasteiger partial charge in [-0.15, -0.1) is 0 Å². The average Bonchev–Trinajstić information content (AvgIpc) is 3.63. The van der Waals surface area contributed by atoms with Crippen LogP contribution in [0.1, 0.15) is 88.7 Å². The zero-order valence-electron chi connectivity index (χ0n) is 31.9. The first-order valence-corrected chi connectivity index (χ1v) is 19.1. The van der Waals surface area contributed by atoms with Crippen LogP contribution < -0.4 is 4.74 Å². The predicted molar refractivity (Wildman–Crippen MR) is 217 cm³/mol. The summed E-state index contributed by atoms with van der Waals surface area (Å²) in [4.78, 5) is 4.94. The second-order valence-corrected chi connectivity index (χ2v) is 15.2. The third-order valence-corrected chi connectivity index (χ3v) is 10.6. The second-order valence-electron chi connectivity index (χ2n) is 15.2. The van der Waals surface area contributed by atoms with Gasteiger partial charge >= 0.3 is 0 Å². The summed E-state index contributed by atoms with van der Waals surface area (Å²) in [6.07, 6.45) is 7.84. The third kappa shape index (κ3) is 7.27. The van der Waals surface area contributed by atoms with Crippen molar-refractivity contribution in [2.45, 2.75) is 86.5 Å². The van der Waals surface area contributed by atoms with Crippen LogP contribution in [0, 0.1) is 25.7 Å². The van der Waals surface area contributed by atoms with E-state index in [-0.39, 0.29) is 0 Å². The van der Waals surface area contributed by atoms with Crippen molar-refractivity contribution in [3.05, 3.63) is 132 Å². The monoisotopic (exact) mass is 688 g/mol. The zero-order chi connectivity index (χ0) is 36.4. The lowest BCUT2D eigenvalue weighted by Crippen LogP contribution is -2.02. The van der Waals surface area contributed by atoms with Gasteiger partial charge in [0.1, 0.15) is 17.3 Å². The van der Waals surface area contributed by atoms with E-state index >= 15 is 0 Å². The van der Waals surface area contributed by atoms with Gasteiger partial charge in [-0.1, -0.05) is 89.9 Å². The first-order chi connectivity index (χ1) is 25.2. The molecule has 52 heavy (non-hydrogen) atoms. The Labute approximate surface area is 309 Å². The van der Waals surface area contributed by atoms with Crippen molar-refractivity contribution in [1.82, 2.24) is 19.3 Å². The molecule has 0 saturated carbocycles. The molecular formula is C47H52N4O. The minimum absolute atomic E-state index is 0.489. The average molecular weight is 689 g/mol. The molecule has 0 bridgehead atoms. The molecule has 5 heteroatoms. The second kappa shape index (κ2) is 15.2. The molecule has 3 aromatic heterocycles. The van der Waals surface area contributed by atoms with E-state index in [0.29, 0.717) is 17.8 Å². The molecule has 0 aliphatic rings. The number of fused-ring (bicyclic) bond motifs is 3. The Morgan fingerprint density at radius 2 is 1.54 bits per heavy atom. The first-order valence-electron chi connectivity index (χ1n) is 19.1. The topological polar surface area (TPSA) is 44.9 Å². The van der Waals surface area contributed by atoms with Gasteiger partial charge in [-0.2, -0.15) is 5.10 Å². The fourth-order valence-corrected chi connectivity index (χ4v) is 7.91. The first kappa shape index (κ1) is 35.3. The molecule has 2 atom stereocenters. The molecule has 3 heterocycles. The summed E-state index contributed by atoms with van der Waals surface area (Å²) in [6.45, 7) is 15.8. The number of aryl methyl sites for hydroxylation is 2. The van der Waals surface area contributed by atoms with E-state index in [1.165, 1.54) is 57.8 Å².